The van der Waals surface area contributed by atoms with Crippen LogP contribution in [0, 0.1) is 19.0 Å². The average molecular weight is 996 g/mol. The second-order valence-electron chi connectivity index (χ2n) is 16.6. The third-order valence-electron chi connectivity index (χ3n) is 10.1. The Morgan fingerprint density at radius 3 is 1.80 bits per heavy atom. The monoisotopic (exact) mass is 995 g/mol. The van der Waals surface area contributed by atoms with Crippen LogP contribution in [-0.4, -0.2) is 136 Å². The Kier molecular flexibility index (Phi) is 25.5. The number of amides is 9. The first-order valence-electron chi connectivity index (χ1n) is 22.3. The van der Waals surface area contributed by atoms with Gasteiger partial charge in [-0.1, -0.05) is 56.3 Å². The highest BCUT2D eigenvalue weighted by Crippen LogP contribution is 2.13. The SMILES string of the molecule is CC(C)CC(NC(=O)C(NC(=O)C(CCCN=C(N)N)NC(=O)[CH]NC(=O)C(CCC(N)=O)NC(=O)[CH]N)C(C)O)C(=O)NC(Cc1ccc(O)cc1)C(=O)NCC(=O)NC(Cc1ccccc1)C(=O)O. The van der Waals surface area contributed by atoms with Gasteiger partial charge in [-0.25, -0.2) is 4.79 Å². The van der Waals surface area contributed by atoms with Crippen LogP contribution in [0.5, 0.6) is 5.75 Å². The zero-order valence-electron chi connectivity index (χ0n) is 39.5. The average Bonchev–Trinajstić information content (AvgIpc) is 3.30. The van der Waals surface area contributed by atoms with E-state index in [1.165, 1.54) is 31.2 Å². The van der Waals surface area contributed by atoms with Gasteiger partial charge in [-0.05, 0) is 61.8 Å². The number of aliphatic carboxylic acids is 1. The molecule has 0 heterocycles. The summed E-state index contributed by atoms with van der Waals surface area (Å²) in [6.45, 7) is 5.20. The standard InChI is InChI=1S/C45H65N13O13/c1-24(2)18-31(42(68)56-32(19-27-11-13-28(60)14-12-27)40(66)52-23-37(64)55-33(44(70)71)20-26-8-5-4-6-9-26)57-43(69)38(25(3)59)58-41(67)29(10-7-17-50-45(48)49)54-36(63)22-51-39(65)30(15-16-34(47)61)53-35(62)21-46/h4-6,8-9,11-14,21-22,24-25,29-33,38,59-60H,7,10,15-20,23,46H2,1-3H3,(H2,47,61)(H,51,65)(H,52,66)(H,53,62)(H,54,63)(H,55,64)(H,56,68)(H,57,69)(H,58,67)(H,70,71)(H4,48,49,50). The lowest BCUT2D eigenvalue weighted by Crippen LogP contribution is -2.61. The van der Waals surface area contributed by atoms with E-state index in [2.05, 4.69) is 47.5 Å². The summed E-state index contributed by atoms with van der Waals surface area (Å²) in [6.07, 6.45) is -2.52. The number of primary amides is 1. The van der Waals surface area contributed by atoms with Crippen molar-refractivity contribution in [3.05, 3.63) is 78.8 Å². The van der Waals surface area contributed by atoms with Crippen LogP contribution in [-0.2, 0) is 60.8 Å². The first kappa shape index (κ1) is 59.3. The zero-order valence-corrected chi connectivity index (χ0v) is 39.5. The van der Waals surface area contributed by atoms with Crippen molar-refractivity contribution in [2.24, 2.45) is 33.8 Å². The molecule has 26 nitrogen and oxygen atoms in total. The molecule has 0 aliphatic rings. The van der Waals surface area contributed by atoms with Crippen LogP contribution in [0.15, 0.2) is 59.6 Å². The molecule has 71 heavy (non-hydrogen) atoms. The molecule has 7 unspecified atom stereocenters. The summed E-state index contributed by atoms with van der Waals surface area (Å²) in [6, 6.07) is 5.47. The second kappa shape index (κ2) is 30.6. The largest absolute Gasteiger partial charge is 0.508 e. The topological polar surface area (TPSA) is 444 Å². The van der Waals surface area contributed by atoms with Gasteiger partial charge >= 0.3 is 5.97 Å². The van der Waals surface area contributed by atoms with E-state index in [0.29, 0.717) is 24.2 Å². The number of aliphatic imine (C=N–C) groups is 1. The summed E-state index contributed by atoms with van der Waals surface area (Å²) in [5, 5.41) is 49.3. The number of guanidine groups is 1. The molecule has 0 spiro atoms. The lowest BCUT2D eigenvalue weighted by Gasteiger charge is -2.28. The molecule has 0 aromatic heterocycles. The number of nitrogens with two attached hydrogens (primary N) is 4. The Balaban J connectivity index is 2.29. The highest BCUT2D eigenvalue weighted by Gasteiger charge is 2.34. The van der Waals surface area contributed by atoms with Gasteiger partial charge in [0.2, 0.25) is 53.2 Å². The van der Waals surface area contributed by atoms with Crippen molar-refractivity contribution in [1.82, 2.24) is 42.5 Å². The number of aliphatic hydroxyl groups excluding tert-OH is 1. The van der Waals surface area contributed by atoms with Gasteiger partial charge < -0.3 is 80.8 Å². The number of carbonyl (C=O) groups is 10. The summed E-state index contributed by atoms with van der Waals surface area (Å²) in [4.78, 5) is 133. The minimum atomic E-state index is -1.76. The maximum absolute atomic E-state index is 14.0. The molecule has 19 N–H and O–H groups in total. The van der Waals surface area contributed by atoms with Crippen molar-refractivity contribution in [2.75, 3.05) is 13.1 Å². The van der Waals surface area contributed by atoms with Crippen molar-refractivity contribution in [3.8, 4) is 5.75 Å². The fourth-order valence-corrected chi connectivity index (χ4v) is 6.56. The van der Waals surface area contributed by atoms with Crippen LogP contribution in [0.25, 0.3) is 0 Å². The first-order chi connectivity index (χ1) is 33.5. The van der Waals surface area contributed by atoms with E-state index in [9.17, 15) is 63.3 Å². The Morgan fingerprint density at radius 2 is 1.23 bits per heavy atom. The van der Waals surface area contributed by atoms with Crippen LogP contribution >= 0.6 is 0 Å². The van der Waals surface area contributed by atoms with Crippen LogP contribution in [0.2, 0.25) is 0 Å². The van der Waals surface area contributed by atoms with Crippen LogP contribution in [0.3, 0.4) is 0 Å². The number of carboxylic acid groups (broad SMARTS) is 1. The van der Waals surface area contributed by atoms with Gasteiger partial charge in [0.15, 0.2) is 5.96 Å². The number of nitrogens with one attached hydrogen (secondary N) is 8. The summed E-state index contributed by atoms with van der Waals surface area (Å²) in [5.74, 6) is -10.2. The molecule has 0 aliphatic heterocycles. The second-order valence-corrected chi connectivity index (χ2v) is 16.6. The first-order valence-corrected chi connectivity index (χ1v) is 22.3. The third kappa shape index (κ3) is 23.3. The molecule has 2 aromatic rings. The highest BCUT2D eigenvalue weighted by molar-refractivity contribution is 5.98. The van der Waals surface area contributed by atoms with Crippen LogP contribution in [0.4, 0.5) is 0 Å². The molecule has 0 aliphatic carbocycles. The smallest absolute Gasteiger partial charge is 0.326 e. The van der Waals surface area contributed by atoms with Crippen molar-refractivity contribution >= 4 is 65.1 Å². The number of benzene rings is 2. The number of aliphatic hydroxyl groups is 1. The fourth-order valence-electron chi connectivity index (χ4n) is 6.56. The van der Waals surface area contributed by atoms with Gasteiger partial charge in [-0.3, -0.25) is 48.1 Å². The van der Waals surface area contributed by atoms with Crippen molar-refractivity contribution in [1.29, 1.82) is 0 Å². The summed E-state index contributed by atoms with van der Waals surface area (Å²) < 4.78 is 0. The van der Waals surface area contributed by atoms with Gasteiger partial charge in [-0.15, -0.1) is 0 Å². The molecule has 0 saturated heterocycles. The number of carbonyl (C=O) groups excluding carboxylic acids is 9. The number of phenols is 1. The minimum Gasteiger partial charge on any atom is -0.508 e. The molecule has 9 amide bonds. The lowest BCUT2D eigenvalue weighted by molar-refractivity contribution is -0.141. The molecule has 26 heteroatoms. The van der Waals surface area contributed by atoms with Gasteiger partial charge in [0, 0.05) is 25.8 Å². The number of rotatable bonds is 31. The van der Waals surface area contributed by atoms with E-state index in [4.69, 9.17) is 22.9 Å². The van der Waals surface area contributed by atoms with Crippen molar-refractivity contribution in [2.45, 2.75) is 108 Å². The fraction of sp³-hybridized carbons (Fsp3) is 0.444. The Morgan fingerprint density at radius 1 is 0.648 bits per heavy atom. The van der Waals surface area contributed by atoms with E-state index < -0.39 is 108 Å². The van der Waals surface area contributed by atoms with Gasteiger partial charge in [-0.2, -0.15) is 0 Å². The molecule has 7 atom stereocenters. The number of hydrogen-bond acceptors (Lipinski definition) is 14. The van der Waals surface area contributed by atoms with E-state index in [1.54, 1.807) is 44.2 Å². The number of hydrogen-bond donors (Lipinski definition) is 15. The van der Waals surface area contributed by atoms with E-state index in [0.717, 1.165) is 0 Å². The van der Waals surface area contributed by atoms with Crippen molar-refractivity contribution < 1.29 is 63.3 Å². The van der Waals surface area contributed by atoms with E-state index in [1.807, 2.05) is 0 Å². The number of phenolic OH excluding ortho intramolecular Hbond substituents is 1. The number of carboxylic acids is 1. The predicted molar refractivity (Wildman–Crippen MR) is 255 cm³/mol. The van der Waals surface area contributed by atoms with E-state index in [-0.39, 0.29) is 69.1 Å². The zero-order chi connectivity index (χ0) is 53.2. The third-order valence-corrected chi connectivity index (χ3v) is 10.1. The quantitative estimate of drug-likeness (QED) is 0.0192. The summed E-state index contributed by atoms with van der Waals surface area (Å²) in [5.41, 5.74) is 22.2. The minimum absolute atomic E-state index is 0.00690. The Labute approximate surface area is 409 Å². The van der Waals surface area contributed by atoms with Gasteiger partial charge in [0.25, 0.3) is 0 Å². The molecule has 0 bridgehead atoms. The normalized spacial score (nSPS) is 13.8. The predicted octanol–water partition coefficient (Wildman–Crippen LogP) is -4.57. The Hall–Kier alpha value is -7.87. The Bertz CT molecular complexity index is 2170. The van der Waals surface area contributed by atoms with Crippen molar-refractivity contribution in [3.63, 3.8) is 0 Å². The molecule has 0 saturated carbocycles. The lowest BCUT2D eigenvalue weighted by atomic mass is 10.00. The highest BCUT2D eigenvalue weighted by atomic mass is 16.4. The molecule has 0 fully saturated rings. The summed E-state index contributed by atoms with van der Waals surface area (Å²) in [7, 11) is 0. The molecular weight excluding hydrogens is 931 g/mol. The van der Waals surface area contributed by atoms with Gasteiger partial charge in [0.1, 0.15) is 55.1 Å². The number of nitrogens with zero attached hydrogens (tertiary/aromatic N) is 1. The van der Waals surface area contributed by atoms with Crippen LogP contribution < -0.4 is 65.5 Å². The van der Waals surface area contributed by atoms with Crippen LogP contribution in [0.1, 0.15) is 64.0 Å². The maximum atomic E-state index is 14.0. The molecule has 2 radical (unpaired) electrons. The molecule has 2 aromatic carbocycles. The number of aromatic hydroxyl groups is 1. The van der Waals surface area contributed by atoms with Gasteiger partial charge in [0.05, 0.1) is 12.6 Å². The molecule has 388 valence electrons. The van der Waals surface area contributed by atoms with E-state index >= 15 is 0 Å². The maximum Gasteiger partial charge on any atom is 0.326 e. The molecular formula is C45H65N13O13. The molecule has 2 rings (SSSR count). The summed E-state index contributed by atoms with van der Waals surface area (Å²) >= 11 is 0.